The van der Waals surface area contributed by atoms with Gasteiger partial charge in [0.15, 0.2) is 5.65 Å². The molecule has 0 radical (unpaired) electrons. The van der Waals surface area contributed by atoms with Crippen molar-refractivity contribution in [1.82, 2.24) is 19.9 Å². The quantitative estimate of drug-likeness (QED) is 0.806. The first-order chi connectivity index (χ1) is 8.09. The monoisotopic (exact) mass is 233 g/mol. The number of amides is 1. The first kappa shape index (κ1) is 11.4. The van der Waals surface area contributed by atoms with Crippen molar-refractivity contribution in [3.8, 4) is 0 Å². The fourth-order valence-corrected chi connectivity index (χ4v) is 1.72. The topological polar surface area (TPSA) is 85.8 Å². The molecule has 0 aromatic carbocycles. The molecule has 6 nitrogen and oxygen atoms in total. The lowest BCUT2D eigenvalue weighted by Crippen LogP contribution is -2.25. The van der Waals surface area contributed by atoms with E-state index in [-0.39, 0.29) is 5.91 Å². The van der Waals surface area contributed by atoms with Crippen molar-refractivity contribution in [3.63, 3.8) is 0 Å². The fourth-order valence-electron chi connectivity index (χ4n) is 1.72. The predicted octanol–water partition coefficient (Wildman–Crippen LogP) is 0.458. The summed E-state index contributed by atoms with van der Waals surface area (Å²) >= 11 is 0. The second-order valence-electron chi connectivity index (χ2n) is 3.90. The Hall–Kier alpha value is -2.11. The fraction of sp³-hybridized carbons (Fsp3) is 0.364. The standard InChI is InChI=1S/C11H15N5O/c1-7-3-4-14-10-9(7)15-11(12)16(10)6-5-13-8(2)17/h3-4H,5-6H2,1-2H3,(H2,12,15)(H,13,17). The van der Waals surface area contributed by atoms with Crippen molar-refractivity contribution in [2.24, 2.45) is 0 Å². The summed E-state index contributed by atoms with van der Waals surface area (Å²) < 4.78 is 1.80. The normalized spacial score (nSPS) is 10.7. The molecule has 0 atom stereocenters. The minimum atomic E-state index is -0.0582. The number of rotatable bonds is 3. The maximum absolute atomic E-state index is 10.8. The average molecular weight is 233 g/mol. The van der Waals surface area contributed by atoms with Crippen molar-refractivity contribution in [2.45, 2.75) is 20.4 Å². The third-order valence-electron chi connectivity index (χ3n) is 2.57. The van der Waals surface area contributed by atoms with E-state index in [1.807, 2.05) is 13.0 Å². The van der Waals surface area contributed by atoms with E-state index in [1.165, 1.54) is 6.92 Å². The summed E-state index contributed by atoms with van der Waals surface area (Å²) in [6.07, 6.45) is 1.73. The smallest absolute Gasteiger partial charge is 0.216 e. The summed E-state index contributed by atoms with van der Waals surface area (Å²) in [6.45, 7) is 4.53. The van der Waals surface area contributed by atoms with Crippen LogP contribution in [0.1, 0.15) is 12.5 Å². The number of nitrogens with two attached hydrogens (primary N) is 1. The average Bonchev–Trinajstić information content (AvgIpc) is 2.57. The van der Waals surface area contributed by atoms with E-state index in [1.54, 1.807) is 10.8 Å². The first-order valence-corrected chi connectivity index (χ1v) is 5.41. The molecule has 2 aromatic heterocycles. The van der Waals surface area contributed by atoms with Crippen LogP contribution in [0.25, 0.3) is 11.2 Å². The van der Waals surface area contributed by atoms with E-state index in [0.717, 1.165) is 16.7 Å². The number of aromatic nitrogens is 3. The molecular weight excluding hydrogens is 218 g/mol. The number of pyridine rings is 1. The molecule has 90 valence electrons. The number of nitrogens with one attached hydrogen (secondary N) is 1. The number of aryl methyl sites for hydroxylation is 1. The third kappa shape index (κ3) is 2.20. The van der Waals surface area contributed by atoms with Gasteiger partial charge in [-0.15, -0.1) is 0 Å². The van der Waals surface area contributed by atoms with Crippen LogP contribution in [-0.4, -0.2) is 27.0 Å². The van der Waals surface area contributed by atoms with Crippen molar-refractivity contribution < 1.29 is 4.79 Å². The molecule has 0 aliphatic rings. The van der Waals surface area contributed by atoms with Gasteiger partial charge in [0.25, 0.3) is 0 Å². The van der Waals surface area contributed by atoms with Crippen molar-refractivity contribution in [1.29, 1.82) is 0 Å². The number of carbonyl (C=O) groups excluding carboxylic acids is 1. The van der Waals surface area contributed by atoms with E-state index in [0.29, 0.717) is 19.0 Å². The van der Waals surface area contributed by atoms with Crippen LogP contribution < -0.4 is 11.1 Å². The molecule has 2 aromatic rings. The Balaban J connectivity index is 2.30. The van der Waals surface area contributed by atoms with Crippen LogP contribution in [0, 0.1) is 6.92 Å². The van der Waals surface area contributed by atoms with E-state index in [4.69, 9.17) is 5.73 Å². The number of anilines is 1. The Morgan fingerprint density at radius 1 is 1.59 bits per heavy atom. The Morgan fingerprint density at radius 3 is 3.06 bits per heavy atom. The van der Waals surface area contributed by atoms with Gasteiger partial charge in [0.05, 0.1) is 0 Å². The van der Waals surface area contributed by atoms with Gasteiger partial charge in [-0.2, -0.15) is 0 Å². The highest BCUT2D eigenvalue weighted by Gasteiger charge is 2.10. The molecule has 0 unspecified atom stereocenters. The SMILES string of the molecule is CC(=O)NCCn1c(N)nc2c(C)ccnc21. The minimum absolute atomic E-state index is 0.0582. The van der Waals surface area contributed by atoms with E-state index in [9.17, 15) is 4.79 Å². The molecule has 0 fully saturated rings. The van der Waals surface area contributed by atoms with Crippen LogP contribution in [0.2, 0.25) is 0 Å². The lowest BCUT2D eigenvalue weighted by atomic mass is 10.3. The lowest BCUT2D eigenvalue weighted by molar-refractivity contribution is -0.118. The van der Waals surface area contributed by atoms with Gasteiger partial charge in [-0.25, -0.2) is 9.97 Å². The van der Waals surface area contributed by atoms with Gasteiger partial charge in [-0.05, 0) is 18.6 Å². The maximum Gasteiger partial charge on any atom is 0.216 e. The summed E-state index contributed by atoms with van der Waals surface area (Å²) in [5.41, 5.74) is 8.45. The van der Waals surface area contributed by atoms with Gasteiger partial charge in [0.1, 0.15) is 5.52 Å². The molecule has 2 heterocycles. The van der Waals surface area contributed by atoms with Gasteiger partial charge < -0.3 is 11.1 Å². The van der Waals surface area contributed by atoms with E-state index >= 15 is 0 Å². The van der Waals surface area contributed by atoms with Crippen LogP contribution in [0.3, 0.4) is 0 Å². The number of fused-ring (bicyclic) bond motifs is 1. The summed E-state index contributed by atoms with van der Waals surface area (Å²) in [6, 6.07) is 1.90. The molecule has 1 amide bonds. The number of nitrogen functional groups attached to an aromatic ring is 1. The molecule has 0 aliphatic carbocycles. The van der Waals surface area contributed by atoms with Gasteiger partial charge in [0, 0.05) is 26.2 Å². The largest absolute Gasteiger partial charge is 0.369 e. The summed E-state index contributed by atoms with van der Waals surface area (Å²) in [5.74, 6) is 0.365. The number of nitrogens with zero attached hydrogens (tertiary/aromatic N) is 3. The van der Waals surface area contributed by atoms with Gasteiger partial charge >= 0.3 is 0 Å². The molecule has 6 heteroatoms. The minimum Gasteiger partial charge on any atom is -0.369 e. The van der Waals surface area contributed by atoms with E-state index in [2.05, 4.69) is 15.3 Å². The molecule has 3 N–H and O–H groups in total. The second-order valence-corrected chi connectivity index (χ2v) is 3.90. The maximum atomic E-state index is 10.8. The Bertz CT molecular complexity index is 560. The number of carbonyl (C=O) groups is 1. The summed E-state index contributed by atoms with van der Waals surface area (Å²) in [7, 11) is 0. The number of imidazole rings is 1. The Kier molecular flexibility index (Phi) is 2.95. The van der Waals surface area contributed by atoms with Gasteiger partial charge in [0.2, 0.25) is 11.9 Å². The van der Waals surface area contributed by atoms with Gasteiger partial charge in [-0.3, -0.25) is 9.36 Å². The molecule has 2 rings (SSSR count). The molecule has 0 aliphatic heterocycles. The van der Waals surface area contributed by atoms with Gasteiger partial charge in [-0.1, -0.05) is 0 Å². The summed E-state index contributed by atoms with van der Waals surface area (Å²) in [5, 5.41) is 2.72. The molecule has 0 bridgehead atoms. The molecule has 0 saturated heterocycles. The summed E-state index contributed by atoms with van der Waals surface area (Å²) in [4.78, 5) is 19.3. The van der Waals surface area contributed by atoms with Crippen LogP contribution in [0.4, 0.5) is 5.95 Å². The number of hydrogen-bond donors (Lipinski definition) is 2. The predicted molar refractivity (Wildman–Crippen MR) is 65.4 cm³/mol. The highest BCUT2D eigenvalue weighted by molar-refractivity contribution is 5.77. The zero-order valence-electron chi connectivity index (χ0n) is 9.90. The second kappa shape index (κ2) is 4.40. The first-order valence-electron chi connectivity index (χ1n) is 5.41. The molecule has 0 spiro atoms. The van der Waals surface area contributed by atoms with Crippen molar-refractivity contribution in [2.75, 3.05) is 12.3 Å². The molecule has 17 heavy (non-hydrogen) atoms. The zero-order chi connectivity index (χ0) is 12.4. The van der Waals surface area contributed by atoms with Crippen LogP contribution in [-0.2, 0) is 11.3 Å². The highest BCUT2D eigenvalue weighted by atomic mass is 16.1. The van der Waals surface area contributed by atoms with Crippen LogP contribution >= 0.6 is 0 Å². The molecule has 0 saturated carbocycles. The zero-order valence-corrected chi connectivity index (χ0v) is 9.90. The Morgan fingerprint density at radius 2 is 2.35 bits per heavy atom. The van der Waals surface area contributed by atoms with Crippen molar-refractivity contribution in [3.05, 3.63) is 17.8 Å². The van der Waals surface area contributed by atoms with E-state index < -0.39 is 0 Å². The van der Waals surface area contributed by atoms with Crippen molar-refractivity contribution >= 4 is 23.0 Å². The lowest BCUT2D eigenvalue weighted by Gasteiger charge is -2.06. The third-order valence-corrected chi connectivity index (χ3v) is 2.57. The van der Waals surface area contributed by atoms with Crippen LogP contribution in [0.5, 0.6) is 0 Å². The number of hydrogen-bond acceptors (Lipinski definition) is 4. The Labute approximate surface area is 98.8 Å². The highest BCUT2D eigenvalue weighted by Crippen LogP contribution is 2.18. The van der Waals surface area contributed by atoms with Crippen LogP contribution in [0.15, 0.2) is 12.3 Å². The molecular formula is C11H15N5O.